The summed E-state index contributed by atoms with van der Waals surface area (Å²) in [6.07, 6.45) is 1.50. The zero-order valence-corrected chi connectivity index (χ0v) is 19.0. The average molecular weight is 477 g/mol. The molecule has 10 heteroatoms. The second kappa shape index (κ2) is 9.40. The zero-order chi connectivity index (χ0) is 22.7. The van der Waals surface area contributed by atoms with Gasteiger partial charge in [-0.25, -0.2) is 22.8 Å². The third kappa shape index (κ3) is 4.69. The van der Waals surface area contributed by atoms with Crippen LogP contribution in [0.15, 0.2) is 59.8 Å². The second-order valence-corrected chi connectivity index (χ2v) is 9.53. The van der Waals surface area contributed by atoms with Gasteiger partial charge in [-0.05, 0) is 49.4 Å². The Morgan fingerprint density at radius 1 is 1.03 bits per heavy atom. The fourth-order valence-electron chi connectivity index (χ4n) is 3.51. The molecule has 1 fully saturated rings. The maximum absolute atomic E-state index is 13.4. The third-order valence-electron chi connectivity index (χ3n) is 5.21. The van der Waals surface area contributed by atoms with Gasteiger partial charge in [-0.3, -0.25) is 0 Å². The normalized spacial score (nSPS) is 15.0. The molecule has 0 spiro atoms. The molecule has 32 heavy (non-hydrogen) atoms. The van der Waals surface area contributed by atoms with Crippen LogP contribution < -0.4 is 9.64 Å². The fraction of sp³-hybridized carbons (Fsp3) is 0.273. The lowest BCUT2D eigenvalue weighted by molar-refractivity contribution is 0.340. The summed E-state index contributed by atoms with van der Waals surface area (Å²) in [5.74, 6) is 0.874. The Labute approximate surface area is 191 Å². The summed E-state index contributed by atoms with van der Waals surface area (Å²) in [5, 5.41) is -0.215. The van der Waals surface area contributed by atoms with Crippen molar-refractivity contribution in [2.24, 2.45) is 0 Å². The average Bonchev–Trinajstić information content (AvgIpc) is 2.82. The molecule has 1 aliphatic rings. The Kier molecular flexibility index (Phi) is 6.59. The topological polar surface area (TPSA) is 75.6 Å². The third-order valence-corrected chi connectivity index (χ3v) is 7.39. The van der Waals surface area contributed by atoms with Crippen molar-refractivity contribution in [2.75, 3.05) is 37.7 Å². The van der Waals surface area contributed by atoms with Crippen LogP contribution in [0.3, 0.4) is 0 Å². The SMILES string of the molecule is CCOc1ccc(-c2cc(N3CCN(S(=O)(=O)c4ccc(F)c(Cl)c4)CC3)ncn2)cc1. The van der Waals surface area contributed by atoms with Gasteiger partial charge in [0, 0.05) is 37.8 Å². The summed E-state index contributed by atoms with van der Waals surface area (Å²) < 4.78 is 46.1. The first-order chi connectivity index (χ1) is 15.4. The van der Waals surface area contributed by atoms with Crippen molar-refractivity contribution in [1.82, 2.24) is 14.3 Å². The van der Waals surface area contributed by atoms with Gasteiger partial charge in [0.05, 0.1) is 22.2 Å². The number of halogens is 2. The van der Waals surface area contributed by atoms with E-state index in [2.05, 4.69) is 9.97 Å². The quantitative estimate of drug-likeness (QED) is 0.538. The number of benzene rings is 2. The molecule has 0 saturated carbocycles. The molecule has 3 aromatic rings. The summed E-state index contributed by atoms with van der Waals surface area (Å²) in [4.78, 5) is 10.7. The van der Waals surface area contributed by atoms with Crippen molar-refractivity contribution in [3.8, 4) is 17.0 Å². The molecule has 0 bridgehead atoms. The van der Waals surface area contributed by atoms with Crippen molar-refractivity contribution in [2.45, 2.75) is 11.8 Å². The van der Waals surface area contributed by atoms with Gasteiger partial charge in [-0.2, -0.15) is 4.31 Å². The molecule has 1 aliphatic heterocycles. The van der Waals surface area contributed by atoms with Gasteiger partial charge in [-0.1, -0.05) is 11.6 Å². The van der Waals surface area contributed by atoms with Crippen LogP contribution in [-0.4, -0.2) is 55.5 Å². The van der Waals surface area contributed by atoms with Gasteiger partial charge in [0.25, 0.3) is 0 Å². The minimum absolute atomic E-state index is 0.0165. The molecule has 0 unspecified atom stereocenters. The fourth-order valence-corrected chi connectivity index (χ4v) is 5.20. The van der Waals surface area contributed by atoms with Gasteiger partial charge in [-0.15, -0.1) is 0 Å². The van der Waals surface area contributed by atoms with Gasteiger partial charge in [0.2, 0.25) is 10.0 Å². The molecule has 4 rings (SSSR count). The summed E-state index contributed by atoms with van der Waals surface area (Å²) in [7, 11) is -3.76. The molecule has 1 aromatic heterocycles. The van der Waals surface area contributed by atoms with E-state index in [1.165, 1.54) is 16.7 Å². The number of piperazine rings is 1. The van der Waals surface area contributed by atoms with E-state index in [4.69, 9.17) is 16.3 Å². The van der Waals surface area contributed by atoms with E-state index in [9.17, 15) is 12.8 Å². The lowest BCUT2D eigenvalue weighted by Crippen LogP contribution is -2.48. The van der Waals surface area contributed by atoms with E-state index in [1.54, 1.807) is 0 Å². The van der Waals surface area contributed by atoms with Crippen molar-refractivity contribution in [3.63, 3.8) is 0 Å². The number of rotatable bonds is 6. The van der Waals surface area contributed by atoms with Crippen LogP contribution >= 0.6 is 11.6 Å². The van der Waals surface area contributed by atoms with E-state index in [0.29, 0.717) is 19.7 Å². The standard InChI is InChI=1S/C22H22ClFN4O3S/c1-2-31-17-5-3-16(4-6-17)21-14-22(26-15-25-21)27-9-11-28(12-10-27)32(29,30)18-7-8-20(24)19(23)13-18/h3-8,13-15H,2,9-12H2,1H3. The Balaban J connectivity index is 1.46. The monoisotopic (exact) mass is 476 g/mol. The second-order valence-electron chi connectivity index (χ2n) is 7.19. The van der Waals surface area contributed by atoms with Crippen LogP contribution in [-0.2, 0) is 10.0 Å². The van der Waals surface area contributed by atoms with Crippen LogP contribution in [0.1, 0.15) is 6.92 Å². The lowest BCUT2D eigenvalue weighted by Gasteiger charge is -2.34. The molecule has 0 atom stereocenters. The smallest absolute Gasteiger partial charge is 0.243 e. The molecule has 0 radical (unpaired) electrons. The van der Waals surface area contributed by atoms with Crippen molar-refractivity contribution in [1.29, 1.82) is 0 Å². The minimum atomic E-state index is -3.76. The Bertz CT molecular complexity index is 1200. The van der Waals surface area contributed by atoms with Gasteiger partial charge < -0.3 is 9.64 Å². The molecule has 0 aliphatic carbocycles. The van der Waals surface area contributed by atoms with E-state index in [1.807, 2.05) is 42.2 Å². The predicted molar refractivity (Wildman–Crippen MR) is 121 cm³/mol. The van der Waals surface area contributed by atoms with Crippen LogP contribution in [0.4, 0.5) is 10.2 Å². The maximum atomic E-state index is 13.4. The molecular weight excluding hydrogens is 455 g/mol. The van der Waals surface area contributed by atoms with Crippen LogP contribution in [0.5, 0.6) is 5.75 Å². The molecule has 0 amide bonds. The van der Waals surface area contributed by atoms with Crippen LogP contribution in [0.2, 0.25) is 5.02 Å². The van der Waals surface area contributed by atoms with E-state index >= 15 is 0 Å². The number of hydrogen-bond donors (Lipinski definition) is 0. The molecule has 2 heterocycles. The summed E-state index contributed by atoms with van der Waals surface area (Å²) in [5.41, 5.74) is 1.71. The van der Waals surface area contributed by atoms with E-state index in [-0.39, 0.29) is 23.0 Å². The maximum Gasteiger partial charge on any atom is 0.243 e. The summed E-state index contributed by atoms with van der Waals surface area (Å²) in [6.45, 7) is 4.03. The molecule has 0 N–H and O–H groups in total. The van der Waals surface area contributed by atoms with Crippen LogP contribution in [0.25, 0.3) is 11.3 Å². The number of nitrogens with zero attached hydrogens (tertiary/aromatic N) is 4. The lowest BCUT2D eigenvalue weighted by atomic mass is 10.1. The van der Waals surface area contributed by atoms with Gasteiger partial charge in [0.1, 0.15) is 23.7 Å². The number of sulfonamides is 1. The highest BCUT2D eigenvalue weighted by molar-refractivity contribution is 7.89. The first-order valence-electron chi connectivity index (χ1n) is 10.1. The Morgan fingerprint density at radius 2 is 1.75 bits per heavy atom. The number of hydrogen-bond acceptors (Lipinski definition) is 6. The Hall–Kier alpha value is -2.75. The minimum Gasteiger partial charge on any atom is -0.494 e. The van der Waals surface area contributed by atoms with Crippen LogP contribution in [0, 0.1) is 5.82 Å². The first-order valence-corrected chi connectivity index (χ1v) is 12.0. The molecule has 168 valence electrons. The molecule has 1 saturated heterocycles. The number of ether oxygens (including phenoxy) is 1. The predicted octanol–water partition coefficient (Wildman–Crippen LogP) is 3.85. The molecule has 7 nitrogen and oxygen atoms in total. The van der Waals surface area contributed by atoms with E-state index in [0.717, 1.165) is 35.0 Å². The number of anilines is 1. The van der Waals surface area contributed by atoms with Crippen molar-refractivity contribution >= 4 is 27.4 Å². The summed E-state index contributed by atoms with van der Waals surface area (Å²) in [6, 6.07) is 13.0. The van der Waals surface area contributed by atoms with Gasteiger partial charge in [0.15, 0.2) is 0 Å². The summed E-state index contributed by atoms with van der Waals surface area (Å²) >= 11 is 5.76. The Morgan fingerprint density at radius 3 is 2.41 bits per heavy atom. The highest BCUT2D eigenvalue weighted by Crippen LogP contribution is 2.26. The highest BCUT2D eigenvalue weighted by Gasteiger charge is 2.29. The zero-order valence-electron chi connectivity index (χ0n) is 17.4. The molecule has 2 aromatic carbocycles. The molecular formula is C22H22ClFN4O3S. The number of aromatic nitrogens is 2. The van der Waals surface area contributed by atoms with Gasteiger partial charge >= 0.3 is 0 Å². The van der Waals surface area contributed by atoms with Crippen molar-refractivity contribution < 1.29 is 17.5 Å². The van der Waals surface area contributed by atoms with E-state index < -0.39 is 15.8 Å². The van der Waals surface area contributed by atoms with Crippen molar-refractivity contribution in [3.05, 3.63) is 65.7 Å². The first kappa shape index (κ1) is 22.4. The largest absolute Gasteiger partial charge is 0.494 e. The highest BCUT2D eigenvalue weighted by atomic mass is 35.5.